The van der Waals surface area contributed by atoms with E-state index in [1.165, 1.54) is 0 Å². The third-order valence-electron chi connectivity index (χ3n) is 2.93. The molecule has 0 saturated carbocycles. The zero-order valence-corrected chi connectivity index (χ0v) is 14.8. The normalized spacial score (nSPS) is 12.3. The highest BCUT2D eigenvalue weighted by atomic mass is 32.2. The lowest BCUT2D eigenvalue weighted by Crippen LogP contribution is -2.43. The molecule has 0 aromatic rings. The van der Waals surface area contributed by atoms with Crippen LogP contribution >= 0.6 is 11.8 Å². The van der Waals surface area contributed by atoms with Crippen LogP contribution < -0.4 is 16.4 Å². The Morgan fingerprint density at radius 3 is 2.14 bits per heavy atom. The molecule has 0 spiro atoms. The maximum atomic E-state index is 11.7. The first-order valence-corrected chi connectivity index (χ1v) is 8.73. The summed E-state index contributed by atoms with van der Waals surface area (Å²) in [6, 6.07) is -0.556. The van der Waals surface area contributed by atoms with E-state index in [4.69, 9.17) is 5.73 Å². The number of ketones is 1. The van der Waals surface area contributed by atoms with Gasteiger partial charge in [-0.15, -0.1) is 0 Å². The Morgan fingerprint density at radius 2 is 1.59 bits per heavy atom. The minimum Gasteiger partial charge on any atom is -0.356 e. The second-order valence-corrected chi connectivity index (χ2v) is 7.36. The summed E-state index contributed by atoms with van der Waals surface area (Å²) in [7, 11) is 0. The summed E-state index contributed by atoms with van der Waals surface area (Å²) in [6.45, 7) is 8.35. The quantitative estimate of drug-likeness (QED) is 0.517. The van der Waals surface area contributed by atoms with E-state index in [1.807, 2.05) is 27.7 Å². The Balaban J connectivity index is 3.74. The van der Waals surface area contributed by atoms with Gasteiger partial charge in [0.1, 0.15) is 5.78 Å². The molecule has 0 saturated heterocycles. The zero-order chi connectivity index (χ0) is 17.1. The number of thioether (sulfide) groups is 1. The van der Waals surface area contributed by atoms with Crippen molar-refractivity contribution in [1.82, 2.24) is 10.6 Å². The second-order valence-electron chi connectivity index (χ2n) is 5.75. The third kappa shape index (κ3) is 10.6. The molecular formula is C15H29N3O3S. The first-order chi connectivity index (χ1) is 10.2. The molecule has 0 bridgehead atoms. The second kappa shape index (κ2) is 11.5. The fourth-order valence-electron chi connectivity index (χ4n) is 1.50. The monoisotopic (exact) mass is 331 g/mol. The fraction of sp³-hybridized carbons (Fsp3) is 0.800. The van der Waals surface area contributed by atoms with Crippen LogP contribution in [0.3, 0.4) is 0 Å². The van der Waals surface area contributed by atoms with Crippen LogP contribution in [0.5, 0.6) is 0 Å². The van der Waals surface area contributed by atoms with Crippen LogP contribution in [-0.2, 0) is 14.4 Å². The van der Waals surface area contributed by atoms with Gasteiger partial charge < -0.3 is 16.4 Å². The van der Waals surface area contributed by atoms with Crippen molar-refractivity contribution in [3.05, 3.63) is 0 Å². The maximum absolute atomic E-state index is 11.7. The standard InChI is InChI=1S/C15H29N3O3S/c1-10(2)13(19)5-7-17-14(20)6-8-18-15(21)12(16)9-22-11(3)4/h10-12H,5-9,16H2,1-4H3,(H,17,20)(H,18,21)/t12-/m0/s1. The Morgan fingerprint density at radius 1 is 1.00 bits per heavy atom. The van der Waals surface area contributed by atoms with E-state index in [1.54, 1.807) is 11.8 Å². The molecule has 0 fully saturated rings. The van der Waals surface area contributed by atoms with Crippen molar-refractivity contribution in [2.75, 3.05) is 18.8 Å². The van der Waals surface area contributed by atoms with Crippen molar-refractivity contribution in [3.63, 3.8) is 0 Å². The van der Waals surface area contributed by atoms with Crippen LogP contribution in [0, 0.1) is 5.92 Å². The molecule has 128 valence electrons. The number of carbonyl (C=O) groups excluding carboxylic acids is 3. The van der Waals surface area contributed by atoms with Crippen LogP contribution in [0.25, 0.3) is 0 Å². The molecule has 2 amide bonds. The summed E-state index contributed by atoms with van der Waals surface area (Å²) in [6.07, 6.45) is 0.527. The van der Waals surface area contributed by atoms with E-state index >= 15 is 0 Å². The van der Waals surface area contributed by atoms with Gasteiger partial charge in [0.15, 0.2) is 0 Å². The average Bonchev–Trinajstić information content (AvgIpc) is 2.44. The van der Waals surface area contributed by atoms with Gasteiger partial charge in [0.05, 0.1) is 6.04 Å². The zero-order valence-electron chi connectivity index (χ0n) is 14.0. The van der Waals surface area contributed by atoms with Crippen molar-refractivity contribution in [1.29, 1.82) is 0 Å². The van der Waals surface area contributed by atoms with Gasteiger partial charge in [-0.3, -0.25) is 14.4 Å². The Labute approximate surface area is 137 Å². The van der Waals surface area contributed by atoms with Crippen LogP contribution in [-0.4, -0.2) is 47.7 Å². The highest BCUT2D eigenvalue weighted by Crippen LogP contribution is 2.09. The van der Waals surface area contributed by atoms with E-state index < -0.39 is 6.04 Å². The Bertz CT molecular complexity index is 373. The lowest BCUT2D eigenvalue weighted by Gasteiger charge is -2.13. The van der Waals surface area contributed by atoms with E-state index in [-0.39, 0.29) is 36.5 Å². The maximum Gasteiger partial charge on any atom is 0.237 e. The molecule has 0 aliphatic rings. The Kier molecular flexibility index (Phi) is 10.9. The molecule has 4 N–H and O–H groups in total. The van der Waals surface area contributed by atoms with E-state index in [2.05, 4.69) is 10.6 Å². The molecule has 1 atom stereocenters. The summed E-state index contributed by atoms with van der Waals surface area (Å²) in [5.74, 6) is 0.258. The number of Topliss-reactive ketones (excluding diaryl/α,β-unsaturated/α-hetero) is 1. The molecule has 0 rings (SSSR count). The number of nitrogens with two attached hydrogens (primary N) is 1. The lowest BCUT2D eigenvalue weighted by atomic mass is 10.1. The molecule has 7 heteroatoms. The molecule has 0 heterocycles. The third-order valence-corrected chi connectivity index (χ3v) is 4.15. The first kappa shape index (κ1) is 20.9. The molecule has 0 aromatic carbocycles. The van der Waals surface area contributed by atoms with Crippen molar-refractivity contribution in [3.8, 4) is 0 Å². The molecule has 0 aromatic heterocycles. The predicted octanol–water partition coefficient (Wildman–Crippen LogP) is 0.693. The van der Waals surface area contributed by atoms with Crippen molar-refractivity contribution < 1.29 is 14.4 Å². The number of carbonyl (C=O) groups is 3. The summed E-state index contributed by atoms with van der Waals surface area (Å²) >= 11 is 1.63. The van der Waals surface area contributed by atoms with Crippen molar-refractivity contribution in [2.45, 2.75) is 51.8 Å². The fourth-order valence-corrected chi connectivity index (χ4v) is 2.25. The highest BCUT2D eigenvalue weighted by molar-refractivity contribution is 7.99. The lowest BCUT2D eigenvalue weighted by molar-refractivity contribution is -0.122. The minimum absolute atomic E-state index is 0.0126. The van der Waals surface area contributed by atoms with Gasteiger partial charge >= 0.3 is 0 Å². The number of amides is 2. The smallest absolute Gasteiger partial charge is 0.237 e. The van der Waals surface area contributed by atoms with Gasteiger partial charge in [-0.2, -0.15) is 11.8 Å². The predicted molar refractivity (Wildman–Crippen MR) is 90.7 cm³/mol. The number of nitrogens with one attached hydrogen (secondary N) is 2. The van der Waals surface area contributed by atoms with Gasteiger partial charge in [-0.25, -0.2) is 0 Å². The van der Waals surface area contributed by atoms with Gasteiger partial charge in [0.2, 0.25) is 11.8 Å². The van der Waals surface area contributed by atoms with Crippen LogP contribution in [0.1, 0.15) is 40.5 Å². The summed E-state index contributed by atoms with van der Waals surface area (Å²) in [5.41, 5.74) is 5.75. The molecular weight excluding hydrogens is 302 g/mol. The number of hydrogen-bond acceptors (Lipinski definition) is 5. The molecule has 0 aliphatic heterocycles. The van der Waals surface area contributed by atoms with Gasteiger partial charge in [-0.05, 0) is 5.25 Å². The van der Waals surface area contributed by atoms with Gasteiger partial charge in [0.25, 0.3) is 0 Å². The largest absolute Gasteiger partial charge is 0.356 e. The molecule has 0 radical (unpaired) electrons. The van der Waals surface area contributed by atoms with E-state index in [0.717, 1.165) is 0 Å². The first-order valence-electron chi connectivity index (χ1n) is 7.68. The van der Waals surface area contributed by atoms with Crippen molar-refractivity contribution >= 4 is 29.4 Å². The van der Waals surface area contributed by atoms with Crippen LogP contribution in [0.15, 0.2) is 0 Å². The summed E-state index contributed by atoms with van der Waals surface area (Å²) in [4.78, 5) is 34.6. The number of hydrogen-bond donors (Lipinski definition) is 3. The summed E-state index contributed by atoms with van der Waals surface area (Å²) in [5, 5.41) is 5.74. The van der Waals surface area contributed by atoms with Gasteiger partial charge in [0, 0.05) is 37.6 Å². The molecule has 6 nitrogen and oxygen atoms in total. The van der Waals surface area contributed by atoms with E-state index in [0.29, 0.717) is 24.0 Å². The molecule has 0 aliphatic carbocycles. The number of rotatable bonds is 11. The van der Waals surface area contributed by atoms with Crippen LogP contribution in [0.2, 0.25) is 0 Å². The topological polar surface area (TPSA) is 101 Å². The van der Waals surface area contributed by atoms with Crippen molar-refractivity contribution in [2.24, 2.45) is 11.7 Å². The minimum atomic E-state index is -0.556. The average molecular weight is 331 g/mol. The van der Waals surface area contributed by atoms with Crippen LogP contribution in [0.4, 0.5) is 0 Å². The molecule has 0 unspecified atom stereocenters. The SMILES string of the molecule is CC(C)SC[C@H](N)C(=O)NCCC(=O)NCCC(=O)C(C)C. The summed E-state index contributed by atoms with van der Waals surface area (Å²) < 4.78 is 0. The highest BCUT2D eigenvalue weighted by Gasteiger charge is 2.14. The molecule has 22 heavy (non-hydrogen) atoms. The van der Waals surface area contributed by atoms with Gasteiger partial charge in [-0.1, -0.05) is 27.7 Å². The Hall–Kier alpha value is -1.08. The van der Waals surface area contributed by atoms with E-state index in [9.17, 15) is 14.4 Å².